The molecular formula is C18H22N4OS. The monoisotopic (exact) mass is 342 g/mol. The highest BCUT2D eigenvalue weighted by Gasteiger charge is 2.24. The lowest BCUT2D eigenvalue weighted by atomic mass is 10.0. The number of thiazole rings is 1. The topological polar surface area (TPSA) is 49.3 Å². The van der Waals surface area contributed by atoms with Gasteiger partial charge in [-0.2, -0.15) is 0 Å². The molecule has 1 fully saturated rings. The summed E-state index contributed by atoms with van der Waals surface area (Å²) in [6.45, 7) is 3.82. The van der Waals surface area contributed by atoms with Crippen molar-refractivity contribution < 1.29 is 4.79 Å². The van der Waals surface area contributed by atoms with Crippen LogP contribution in [0.2, 0.25) is 0 Å². The molecule has 0 atom stereocenters. The first-order valence-electron chi connectivity index (χ1n) is 8.17. The third-order valence-corrected chi connectivity index (χ3v) is 5.24. The highest BCUT2D eigenvalue weighted by molar-refractivity contribution is 7.12. The average Bonchev–Trinajstić information content (AvgIpc) is 3.05. The molecule has 0 spiro atoms. The van der Waals surface area contributed by atoms with Crippen molar-refractivity contribution in [2.24, 2.45) is 0 Å². The van der Waals surface area contributed by atoms with Gasteiger partial charge in [0.25, 0.3) is 0 Å². The Bertz CT molecular complexity index is 705. The van der Waals surface area contributed by atoms with Crippen molar-refractivity contribution in [1.29, 1.82) is 0 Å². The highest BCUT2D eigenvalue weighted by atomic mass is 32.1. The standard InChI is InChI=1S/C18H22N4OS/c1-14-20-13-16(24-14)6-7-18(23)21(2)15-8-11-22(12-9-15)17-5-3-4-10-19-17/h3-7,10,13,15H,8-9,11-12H2,1-2H3. The van der Waals surface area contributed by atoms with Crippen molar-refractivity contribution in [2.45, 2.75) is 25.8 Å². The lowest BCUT2D eigenvalue weighted by Crippen LogP contribution is -2.45. The van der Waals surface area contributed by atoms with Gasteiger partial charge in [-0.3, -0.25) is 4.79 Å². The SMILES string of the molecule is Cc1ncc(C=CC(=O)N(C)C2CCN(c3ccccn3)CC2)s1. The lowest BCUT2D eigenvalue weighted by Gasteiger charge is -2.37. The number of amides is 1. The van der Waals surface area contributed by atoms with Crippen LogP contribution in [0, 0.1) is 6.92 Å². The van der Waals surface area contributed by atoms with E-state index in [1.807, 2.05) is 49.3 Å². The predicted octanol–water partition coefficient (Wildman–Crippen LogP) is 2.99. The number of carbonyl (C=O) groups excluding carboxylic acids is 1. The molecule has 126 valence electrons. The van der Waals surface area contributed by atoms with Crippen molar-refractivity contribution in [3.63, 3.8) is 0 Å². The van der Waals surface area contributed by atoms with Gasteiger partial charge in [0, 0.05) is 49.5 Å². The molecule has 1 aliphatic heterocycles. The van der Waals surface area contributed by atoms with Crippen LogP contribution in [-0.4, -0.2) is 47.0 Å². The Labute approximate surface area is 146 Å². The number of aryl methyl sites for hydroxylation is 1. The number of rotatable bonds is 4. The van der Waals surface area contributed by atoms with E-state index >= 15 is 0 Å². The minimum absolute atomic E-state index is 0.0531. The van der Waals surface area contributed by atoms with Crippen molar-refractivity contribution in [3.8, 4) is 0 Å². The maximum Gasteiger partial charge on any atom is 0.246 e. The van der Waals surface area contributed by atoms with Crippen LogP contribution in [0.15, 0.2) is 36.7 Å². The summed E-state index contributed by atoms with van der Waals surface area (Å²) in [4.78, 5) is 26.1. The number of piperidine rings is 1. The third-order valence-electron chi connectivity index (χ3n) is 4.36. The maximum atomic E-state index is 12.4. The van der Waals surface area contributed by atoms with Gasteiger partial charge in [0.05, 0.1) is 5.01 Å². The molecule has 3 rings (SSSR count). The van der Waals surface area contributed by atoms with Crippen molar-refractivity contribution in [3.05, 3.63) is 46.6 Å². The van der Waals surface area contributed by atoms with E-state index in [-0.39, 0.29) is 11.9 Å². The van der Waals surface area contributed by atoms with Gasteiger partial charge in [-0.25, -0.2) is 9.97 Å². The molecule has 0 bridgehead atoms. The van der Waals surface area contributed by atoms with Crippen LogP contribution in [-0.2, 0) is 4.79 Å². The molecule has 6 heteroatoms. The van der Waals surface area contributed by atoms with Crippen LogP contribution in [0.25, 0.3) is 6.08 Å². The van der Waals surface area contributed by atoms with E-state index in [1.54, 1.807) is 23.6 Å². The first-order valence-corrected chi connectivity index (χ1v) is 8.98. The number of pyridine rings is 1. The Morgan fingerprint density at radius 2 is 2.12 bits per heavy atom. The number of aromatic nitrogens is 2. The molecule has 0 N–H and O–H groups in total. The van der Waals surface area contributed by atoms with Crippen LogP contribution in [0.5, 0.6) is 0 Å². The van der Waals surface area contributed by atoms with E-state index in [2.05, 4.69) is 14.9 Å². The molecule has 0 radical (unpaired) electrons. The van der Waals surface area contributed by atoms with Gasteiger partial charge >= 0.3 is 0 Å². The molecule has 3 heterocycles. The van der Waals surface area contributed by atoms with Crippen LogP contribution < -0.4 is 4.90 Å². The molecular weight excluding hydrogens is 320 g/mol. The maximum absolute atomic E-state index is 12.4. The molecule has 5 nitrogen and oxygen atoms in total. The Morgan fingerprint density at radius 3 is 2.75 bits per heavy atom. The summed E-state index contributed by atoms with van der Waals surface area (Å²) < 4.78 is 0. The number of anilines is 1. The fourth-order valence-electron chi connectivity index (χ4n) is 2.93. The van der Waals surface area contributed by atoms with E-state index in [4.69, 9.17) is 0 Å². The summed E-state index contributed by atoms with van der Waals surface area (Å²) in [5.74, 6) is 1.07. The van der Waals surface area contributed by atoms with E-state index in [9.17, 15) is 4.79 Å². The predicted molar refractivity (Wildman–Crippen MR) is 98.1 cm³/mol. The van der Waals surface area contributed by atoms with Gasteiger partial charge in [0.1, 0.15) is 5.82 Å². The van der Waals surface area contributed by atoms with Crippen molar-refractivity contribution in [2.75, 3.05) is 25.0 Å². The first kappa shape index (κ1) is 16.6. The molecule has 1 aliphatic rings. The molecule has 24 heavy (non-hydrogen) atoms. The largest absolute Gasteiger partial charge is 0.356 e. The van der Waals surface area contributed by atoms with Gasteiger partial charge in [-0.15, -0.1) is 11.3 Å². The van der Waals surface area contributed by atoms with Crippen LogP contribution in [0.4, 0.5) is 5.82 Å². The quantitative estimate of drug-likeness (QED) is 0.802. The molecule has 2 aromatic rings. The summed E-state index contributed by atoms with van der Waals surface area (Å²) in [6.07, 6.45) is 9.06. The van der Waals surface area contributed by atoms with Crippen LogP contribution in [0.3, 0.4) is 0 Å². The second-order valence-corrected chi connectivity index (χ2v) is 7.24. The summed E-state index contributed by atoms with van der Waals surface area (Å²) in [7, 11) is 1.89. The highest BCUT2D eigenvalue weighted by Crippen LogP contribution is 2.20. The number of nitrogens with zero attached hydrogens (tertiary/aromatic N) is 4. The Hall–Kier alpha value is -2.21. The van der Waals surface area contributed by atoms with Gasteiger partial charge < -0.3 is 9.80 Å². The molecule has 0 aliphatic carbocycles. The van der Waals surface area contributed by atoms with E-state index in [0.717, 1.165) is 41.6 Å². The Morgan fingerprint density at radius 1 is 1.33 bits per heavy atom. The van der Waals surface area contributed by atoms with Gasteiger partial charge in [-0.1, -0.05) is 6.07 Å². The summed E-state index contributed by atoms with van der Waals surface area (Å²) in [5.41, 5.74) is 0. The fourth-order valence-corrected chi connectivity index (χ4v) is 3.62. The number of hydrogen-bond donors (Lipinski definition) is 0. The number of likely N-dealkylation sites (N-methyl/N-ethyl adjacent to an activating group) is 1. The molecule has 0 unspecified atom stereocenters. The zero-order chi connectivity index (χ0) is 16.9. The summed E-state index contributed by atoms with van der Waals surface area (Å²) in [5, 5.41) is 1.01. The first-order chi connectivity index (χ1) is 11.6. The Balaban J connectivity index is 1.53. The lowest BCUT2D eigenvalue weighted by molar-refractivity contribution is -0.127. The molecule has 0 saturated carbocycles. The average molecular weight is 342 g/mol. The summed E-state index contributed by atoms with van der Waals surface area (Å²) >= 11 is 1.59. The minimum atomic E-state index is 0.0531. The second-order valence-electron chi connectivity index (χ2n) is 5.97. The van der Waals surface area contributed by atoms with Gasteiger partial charge in [0.2, 0.25) is 5.91 Å². The van der Waals surface area contributed by atoms with Gasteiger partial charge in [-0.05, 0) is 38.0 Å². The molecule has 1 saturated heterocycles. The minimum Gasteiger partial charge on any atom is -0.356 e. The van der Waals surface area contributed by atoms with Crippen LogP contribution in [0.1, 0.15) is 22.7 Å². The van der Waals surface area contributed by atoms with E-state index in [1.165, 1.54) is 0 Å². The normalized spacial score (nSPS) is 15.8. The third kappa shape index (κ3) is 4.00. The van der Waals surface area contributed by atoms with Crippen molar-refractivity contribution >= 4 is 29.1 Å². The van der Waals surface area contributed by atoms with Gasteiger partial charge in [0.15, 0.2) is 0 Å². The van der Waals surface area contributed by atoms with E-state index < -0.39 is 0 Å². The zero-order valence-corrected chi connectivity index (χ0v) is 14.9. The smallest absolute Gasteiger partial charge is 0.246 e. The molecule has 1 amide bonds. The molecule has 2 aromatic heterocycles. The van der Waals surface area contributed by atoms with E-state index in [0.29, 0.717) is 0 Å². The fraction of sp³-hybridized carbons (Fsp3) is 0.389. The molecule has 0 aromatic carbocycles. The second kappa shape index (κ2) is 7.57. The van der Waals surface area contributed by atoms with Crippen LogP contribution >= 0.6 is 11.3 Å². The van der Waals surface area contributed by atoms with Crippen molar-refractivity contribution in [1.82, 2.24) is 14.9 Å². The Kier molecular flexibility index (Phi) is 5.25. The summed E-state index contributed by atoms with van der Waals surface area (Å²) in [6, 6.07) is 6.26. The number of hydrogen-bond acceptors (Lipinski definition) is 5. The zero-order valence-electron chi connectivity index (χ0n) is 14.1. The number of carbonyl (C=O) groups is 1.